The number of carbonyl (C=O) groups excluding carboxylic acids is 1. The highest BCUT2D eigenvalue weighted by Gasteiger charge is 2.41. The fourth-order valence-corrected chi connectivity index (χ4v) is 6.54. The van der Waals surface area contributed by atoms with E-state index in [0.717, 1.165) is 61.9 Å². The summed E-state index contributed by atoms with van der Waals surface area (Å²) in [6.07, 6.45) is 1.74. The SMILES string of the molecule is CC(c1cnc2c(c1)N(C(=O)CN1C[C@@H](C)NC[C@@H]1CN1[C@H](C)COC[C@H]1C)CC2(C)C)c1cc(F)ccc1F. The number of piperazine rings is 1. The normalized spacial score (nSPS) is 27.9. The summed E-state index contributed by atoms with van der Waals surface area (Å²) in [6, 6.07) is 6.63. The third-order valence-corrected chi connectivity index (χ3v) is 8.94. The van der Waals surface area contributed by atoms with E-state index in [1.54, 1.807) is 6.20 Å². The maximum atomic E-state index is 14.6. The van der Waals surface area contributed by atoms with Gasteiger partial charge in [-0.2, -0.15) is 0 Å². The lowest BCUT2D eigenvalue weighted by Crippen LogP contribution is -2.63. The molecule has 3 aliphatic heterocycles. The van der Waals surface area contributed by atoms with E-state index >= 15 is 0 Å². The Morgan fingerprint density at radius 2 is 1.90 bits per heavy atom. The molecule has 3 aliphatic rings. The number of nitrogens with one attached hydrogen (secondary N) is 1. The first-order valence-electron chi connectivity index (χ1n) is 14.5. The number of benzene rings is 1. The highest BCUT2D eigenvalue weighted by atomic mass is 19.1. The minimum absolute atomic E-state index is 0.0394. The maximum absolute atomic E-state index is 14.6. The molecule has 7 nitrogen and oxygen atoms in total. The summed E-state index contributed by atoms with van der Waals surface area (Å²) in [5, 5.41) is 3.60. The van der Waals surface area contributed by atoms with E-state index in [4.69, 9.17) is 9.72 Å². The van der Waals surface area contributed by atoms with Gasteiger partial charge >= 0.3 is 0 Å². The zero-order valence-corrected chi connectivity index (χ0v) is 24.6. The van der Waals surface area contributed by atoms with Crippen LogP contribution in [0.4, 0.5) is 14.5 Å². The summed E-state index contributed by atoms with van der Waals surface area (Å²) in [4.78, 5) is 25.4. The Kier molecular flexibility index (Phi) is 8.30. The number of anilines is 1. The lowest BCUT2D eigenvalue weighted by Gasteiger charge is -2.46. The zero-order chi connectivity index (χ0) is 28.8. The van der Waals surface area contributed by atoms with Gasteiger partial charge in [0.05, 0.1) is 31.1 Å². The first kappa shape index (κ1) is 29.0. The number of rotatable bonds is 6. The molecule has 1 aromatic carbocycles. The predicted molar refractivity (Wildman–Crippen MR) is 153 cm³/mol. The van der Waals surface area contributed by atoms with Gasteiger partial charge in [0.1, 0.15) is 11.6 Å². The number of halogens is 2. The van der Waals surface area contributed by atoms with Crippen LogP contribution >= 0.6 is 0 Å². The summed E-state index contributed by atoms with van der Waals surface area (Å²) in [6.45, 7) is 17.4. The Morgan fingerprint density at radius 1 is 1.18 bits per heavy atom. The number of nitrogens with zero attached hydrogens (tertiary/aromatic N) is 4. The summed E-state index contributed by atoms with van der Waals surface area (Å²) in [5.74, 6) is -1.30. The molecule has 2 aromatic rings. The average molecular weight is 556 g/mol. The highest BCUT2D eigenvalue weighted by Crippen LogP contribution is 2.41. The standard InChI is InChI=1S/C31H43F2N5O2/c1-19-13-36(25(12-34-19)14-37-20(2)16-40-17-21(37)3)15-29(39)38-18-31(5,6)30-28(38)9-23(11-35-30)22(4)26-10-24(32)7-8-27(26)33/h7-11,19-22,25,34H,12-18H2,1-6H3/t19-,20-,21-,22?,25-/m1/s1. The summed E-state index contributed by atoms with van der Waals surface area (Å²) in [7, 11) is 0. The number of amides is 1. The van der Waals surface area contributed by atoms with E-state index in [2.05, 4.69) is 49.7 Å². The molecule has 218 valence electrons. The van der Waals surface area contributed by atoms with E-state index in [1.807, 2.05) is 17.9 Å². The molecule has 0 radical (unpaired) electrons. The average Bonchev–Trinajstić information content (AvgIpc) is 3.18. The van der Waals surface area contributed by atoms with Crippen molar-refractivity contribution < 1.29 is 18.3 Å². The number of aromatic nitrogens is 1. The minimum atomic E-state index is -0.476. The first-order chi connectivity index (χ1) is 18.9. The number of fused-ring (bicyclic) bond motifs is 1. The van der Waals surface area contributed by atoms with Gasteiger partial charge in [0.2, 0.25) is 5.91 Å². The van der Waals surface area contributed by atoms with Crippen molar-refractivity contribution in [3.63, 3.8) is 0 Å². The second-order valence-electron chi connectivity index (χ2n) is 12.7. The summed E-state index contributed by atoms with van der Waals surface area (Å²) < 4.78 is 34.2. The minimum Gasteiger partial charge on any atom is -0.378 e. The largest absolute Gasteiger partial charge is 0.378 e. The van der Waals surface area contributed by atoms with Crippen molar-refractivity contribution in [3.05, 3.63) is 58.9 Å². The van der Waals surface area contributed by atoms with Crippen molar-refractivity contribution in [2.45, 2.75) is 77.0 Å². The van der Waals surface area contributed by atoms with Gasteiger partial charge in [0.15, 0.2) is 0 Å². The molecule has 0 aliphatic carbocycles. The van der Waals surface area contributed by atoms with Crippen molar-refractivity contribution >= 4 is 11.6 Å². The maximum Gasteiger partial charge on any atom is 0.241 e. The van der Waals surface area contributed by atoms with Gasteiger partial charge in [-0.1, -0.05) is 20.8 Å². The van der Waals surface area contributed by atoms with Gasteiger partial charge in [-0.25, -0.2) is 8.78 Å². The number of hydrogen-bond acceptors (Lipinski definition) is 6. The third-order valence-electron chi connectivity index (χ3n) is 8.94. The molecule has 2 fully saturated rings. The van der Waals surface area contributed by atoms with Gasteiger partial charge < -0.3 is 15.0 Å². The zero-order valence-electron chi connectivity index (χ0n) is 24.6. The molecule has 0 saturated carbocycles. The molecule has 5 rings (SSSR count). The molecule has 40 heavy (non-hydrogen) atoms. The molecular weight excluding hydrogens is 512 g/mol. The van der Waals surface area contributed by atoms with Crippen molar-refractivity contribution in [3.8, 4) is 0 Å². The van der Waals surface area contributed by atoms with Crippen LogP contribution in [-0.4, -0.2) is 90.8 Å². The van der Waals surface area contributed by atoms with Gasteiger partial charge in [-0.05, 0) is 56.2 Å². The second kappa shape index (κ2) is 11.4. The van der Waals surface area contributed by atoms with Crippen LogP contribution < -0.4 is 10.2 Å². The van der Waals surface area contributed by atoms with Crippen LogP contribution in [0.5, 0.6) is 0 Å². The van der Waals surface area contributed by atoms with Crippen molar-refractivity contribution in [1.82, 2.24) is 20.1 Å². The highest BCUT2D eigenvalue weighted by molar-refractivity contribution is 5.97. The van der Waals surface area contributed by atoms with Crippen LogP contribution in [-0.2, 0) is 14.9 Å². The molecule has 9 heteroatoms. The number of pyridine rings is 1. The Morgan fingerprint density at radius 3 is 2.62 bits per heavy atom. The van der Waals surface area contributed by atoms with Gasteiger partial charge in [0.25, 0.3) is 0 Å². The topological polar surface area (TPSA) is 60.9 Å². The Balaban J connectivity index is 1.38. The molecule has 0 spiro atoms. The molecular formula is C31H43F2N5O2. The molecule has 5 atom stereocenters. The molecule has 2 saturated heterocycles. The summed E-state index contributed by atoms with van der Waals surface area (Å²) >= 11 is 0. The van der Waals surface area contributed by atoms with Gasteiger partial charge in [-0.15, -0.1) is 0 Å². The fourth-order valence-electron chi connectivity index (χ4n) is 6.54. The lowest BCUT2D eigenvalue weighted by molar-refractivity contribution is -0.121. The predicted octanol–water partition coefficient (Wildman–Crippen LogP) is 3.91. The fraction of sp³-hybridized carbons (Fsp3) is 0.613. The van der Waals surface area contributed by atoms with Crippen molar-refractivity contribution in [1.29, 1.82) is 0 Å². The third kappa shape index (κ3) is 5.79. The first-order valence-corrected chi connectivity index (χ1v) is 14.5. The lowest BCUT2D eigenvalue weighted by atomic mass is 9.89. The Hall–Kier alpha value is -2.46. The molecule has 1 N–H and O–H groups in total. The van der Waals surface area contributed by atoms with Crippen molar-refractivity contribution in [2.75, 3.05) is 50.8 Å². The summed E-state index contributed by atoms with van der Waals surface area (Å²) in [5.41, 5.74) is 2.35. The molecule has 1 aromatic heterocycles. The Bertz CT molecular complexity index is 1230. The van der Waals surface area contributed by atoms with Crippen molar-refractivity contribution in [2.24, 2.45) is 0 Å². The molecule has 4 heterocycles. The molecule has 0 bridgehead atoms. The number of carbonyl (C=O) groups is 1. The second-order valence-corrected chi connectivity index (χ2v) is 12.7. The number of ether oxygens (including phenoxy) is 1. The van der Waals surface area contributed by atoms with E-state index in [1.165, 1.54) is 6.07 Å². The van der Waals surface area contributed by atoms with Gasteiger partial charge in [0, 0.05) is 67.9 Å². The molecule has 1 amide bonds. The monoisotopic (exact) mass is 555 g/mol. The molecule has 1 unspecified atom stereocenters. The Labute approximate surface area is 236 Å². The van der Waals surface area contributed by atoms with Crippen LogP contribution in [0.15, 0.2) is 30.5 Å². The smallest absolute Gasteiger partial charge is 0.241 e. The van der Waals surface area contributed by atoms with Crippen LogP contribution in [0.1, 0.15) is 64.3 Å². The quantitative estimate of drug-likeness (QED) is 0.584. The van der Waals surface area contributed by atoms with Crippen LogP contribution in [0.2, 0.25) is 0 Å². The van der Waals surface area contributed by atoms with Crippen LogP contribution in [0.25, 0.3) is 0 Å². The van der Waals surface area contributed by atoms with Gasteiger partial charge in [-0.3, -0.25) is 19.6 Å². The van der Waals surface area contributed by atoms with Crippen LogP contribution in [0, 0.1) is 11.6 Å². The van der Waals surface area contributed by atoms with E-state index in [-0.39, 0.29) is 22.9 Å². The number of morpholine rings is 1. The van der Waals surface area contributed by atoms with E-state index in [0.29, 0.717) is 31.2 Å². The van der Waals surface area contributed by atoms with E-state index in [9.17, 15) is 13.6 Å². The number of hydrogen-bond donors (Lipinski definition) is 1. The van der Waals surface area contributed by atoms with E-state index < -0.39 is 17.6 Å². The van der Waals surface area contributed by atoms with Crippen LogP contribution in [0.3, 0.4) is 0 Å².